The van der Waals surface area contributed by atoms with Gasteiger partial charge in [-0.2, -0.15) is 0 Å². The minimum absolute atomic E-state index is 0.126. The van der Waals surface area contributed by atoms with E-state index in [1.807, 2.05) is 35.2 Å². The number of likely N-dealkylation sites (tertiary alicyclic amines) is 1. The second-order valence-electron chi connectivity index (χ2n) is 6.37. The lowest BCUT2D eigenvalue weighted by Crippen LogP contribution is -2.33. The lowest BCUT2D eigenvalue weighted by molar-refractivity contribution is -0.131. The van der Waals surface area contributed by atoms with Gasteiger partial charge < -0.3 is 20.3 Å². The molecule has 0 spiro atoms. The smallest absolute Gasteiger partial charge is 0.224 e. The summed E-state index contributed by atoms with van der Waals surface area (Å²) in [6.45, 7) is 9.58. The van der Waals surface area contributed by atoms with Gasteiger partial charge in [-0.15, -0.1) is 0 Å². The van der Waals surface area contributed by atoms with Crippen LogP contribution < -0.4 is 5.73 Å². The van der Waals surface area contributed by atoms with Gasteiger partial charge in [0, 0.05) is 32.1 Å². The summed E-state index contributed by atoms with van der Waals surface area (Å²) in [5, 5.41) is 0. The Morgan fingerprint density at radius 2 is 2.04 bits per heavy atom. The summed E-state index contributed by atoms with van der Waals surface area (Å²) in [6.07, 6.45) is 1.44. The molecule has 2 N–H and O–H groups in total. The van der Waals surface area contributed by atoms with E-state index < -0.39 is 0 Å². The molecule has 0 aliphatic carbocycles. The van der Waals surface area contributed by atoms with Crippen LogP contribution in [0.15, 0.2) is 30.3 Å². The van der Waals surface area contributed by atoms with Crippen LogP contribution >= 0.6 is 0 Å². The van der Waals surface area contributed by atoms with Gasteiger partial charge in [0.15, 0.2) is 0 Å². The van der Waals surface area contributed by atoms with Gasteiger partial charge in [-0.25, -0.2) is 0 Å². The summed E-state index contributed by atoms with van der Waals surface area (Å²) in [6, 6.07) is 9.58. The van der Waals surface area contributed by atoms with Crippen molar-refractivity contribution in [2.24, 2.45) is 5.73 Å². The van der Waals surface area contributed by atoms with E-state index in [0.29, 0.717) is 13.0 Å². The Morgan fingerprint density at radius 3 is 2.71 bits per heavy atom. The number of nitrogens with zero attached hydrogens (tertiary/aromatic N) is 2. The monoisotopic (exact) mass is 333 g/mol. The molecule has 1 fully saturated rings. The molecule has 1 heterocycles. The van der Waals surface area contributed by atoms with Crippen LogP contribution in [0.3, 0.4) is 0 Å². The fraction of sp³-hybridized carbons (Fsp3) is 0.632. The number of benzene rings is 1. The Hall–Kier alpha value is -1.43. The Bertz CT molecular complexity index is 491. The Balaban J connectivity index is 1.71. The first-order valence-corrected chi connectivity index (χ1v) is 9.06. The molecule has 1 aromatic rings. The molecule has 134 valence electrons. The van der Waals surface area contributed by atoms with Crippen LogP contribution in [0.2, 0.25) is 0 Å². The van der Waals surface area contributed by atoms with Crippen LogP contribution in [-0.2, 0) is 9.53 Å². The van der Waals surface area contributed by atoms with Gasteiger partial charge in [0.2, 0.25) is 5.91 Å². The molecule has 2 rings (SSSR count). The Labute approximate surface area is 145 Å². The number of nitrogens with two attached hydrogens (primary N) is 1. The zero-order valence-corrected chi connectivity index (χ0v) is 15.0. The van der Waals surface area contributed by atoms with Crippen molar-refractivity contribution >= 4 is 5.91 Å². The average Bonchev–Trinajstić information content (AvgIpc) is 3.08. The van der Waals surface area contributed by atoms with Crippen molar-refractivity contribution in [2.45, 2.75) is 38.8 Å². The second kappa shape index (κ2) is 9.77. The average molecular weight is 333 g/mol. The highest BCUT2D eigenvalue weighted by molar-refractivity contribution is 5.77. The molecule has 5 heteroatoms. The van der Waals surface area contributed by atoms with E-state index in [1.54, 1.807) is 0 Å². The van der Waals surface area contributed by atoms with Gasteiger partial charge in [-0.05, 0) is 25.1 Å². The molecule has 0 bridgehead atoms. The van der Waals surface area contributed by atoms with E-state index in [0.717, 1.165) is 44.8 Å². The van der Waals surface area contributed by atoms with E-state index in [4.69, 9.17) is 10.5 Å². The molecule has 1 aliphatic rings. The van der Waals surface area contributed by atoms with Crippen molar-refractivity contribution in [1.82, 2.24) is 9.80 Å². The van der Waals surface area contributed by atoms with Crippen molar-refractivity contribution in [3.8, 4) is 0 Å². The maximum atomic E-state index is 12.4. The maximum absolute atomic E-state index is 12.4. The summed E-state index contributed by atoms with van der Waals surface area (Å²) in [4.78, 5) is 16.7. The Kier molecular flexibility index (Phi) is 7.69. The van der Waals surface area contributed by atoms with Gasteiger partial charge >= 0.3 is 0 Å². The zero-order valence-electron chi connectivity index (χ0n) is 15.0. The molecule has 0 aromatic heterocycles. The third-order valence-electron chi connectivity index (χ3n) is 4.78. The summed E-state index contributed by atoms with van der Waals surface area (Å²) < 4.78 is 5.94. The summed E-state index contributed by atoms with van der Waals surface area (Å²) >= 11 is 0. The SMILES string of the molecule is CCN(CC)CCOC1CCN(C(=O)CC(N)c2ccccc2)C1. The highest BCUT2D eigenvalue weighted by Crippen LogP contribution is 2.18. The number of ether oxygens (including phenoxy) is 1. The summed E-state index contributed by atoms with van der Waals surface area (Å²) in [5.74, 6) is 0.126. The lowest BCUT2D eigenvalue weighted by atomic mass is 10.0. The first-order valence-electron chi connectivity index (χ1n) is 9.06. The molecule has 1 amide bonds. The molecule has 2 unspecified atom stereocenters. The number of likely N-dealkylation sites (N-methyl/N-ethyl adjacent to an activating group) is 1. The third kappa shape index (κ3) is 5.58. The molecule has 0 radical (unpaired) electrons. The lowest BCUT2D eigenvalue weighted by Gasteiger charge is -2.21. The second-order valence-corrected chi connectivity index (χ2v) is 6.37. The van der Waals surface area contributed by atoms with Crippen molar-refractivity contribution in [3.63, 3.8) is 0 Å². The third-order valence-corrected chi connectivity index (χ3v) is 4.78. The highest BCUT2D eigenvalue weighted by Gasteiger charge is 2.27. The molecule has 5 nitrogen and oxygen atoms in total. The number of rotatable bonds is 9. The number of carbonyl (C=O) groups excluding carboxylic acids is 1. The van der Waals surface area contributed by atoms with Crippen molar-refractivity contribution < 1.29 is 9.53 Å². The largest absolute Gasteiger partial charge is 0.375 e. The first-order chi connectivity index (χ1) is 11.6. The maximum Gasteiger partial charge on any atom is 0.224 e. The molecular weight excluding hydrogens is 302 g/mol. The van der Waals surface area contributed by atoms with Gasteiger partial charge in [-0.3, -0.25) is 4.79 Å². The number of hydrogen-bond donors (Lipinski definition) is 1. The van der Waals surface area contributed by atoms with Crippen LogP contribution in [0.4, 0.5) is 0 Å². The van der Waals surface area contributed by atoms with Crippen LogP contribution in [0.5, 0.6) is 0 Å². The Morgan fingerprint density at radius 1 is 1.33 bits per heavy atom. The van der Waals surface area contributed by atoms with Gasteiger partial charge in [0.05, 0.1) is 12.7 Å². The molecule has 24 heavy (non-hydrogen) atoms. The zero-order chi connectivity index (χ0) is 17.4. The molecular formula is C19H31N3O2. The quantitative estimate of drug-likeness (QED) is 0.751. The van der Waals surface area contributed by atoms with E-state index in [1.165, 1.54) is 0 Å². The van der Waals surface area contributed by atoms with Gasteiger partial charge in [0.1, 0.15) is 0 Å². The summed E-state index contributed by atoms with van der Waals surface area (Å²) in [7, 11) is 0. The number of carbonyl (C=O) groups is 1. The predicted octanol–water partition coefficient (Wildman–Crippen LogP) is 2.04. The summed E-state index contributed by atoms with van der Waals surface area (Å²) in [5.41, 5.74) is 7.17. The number of hydrogen-bond acceptors (Lipinski definition) is 4. The minimum Gasteiger partial charge on any atom is -0.375 e. The fourth-order valence-corrected chi connectivity index (χ4v) is 3.11. The molecule has 2 atom stereocenters. The van der Waals surface area contributed by atoms with Crippen LogP contribution in [0.1, 0.15) is 38.3 Å². The molecule has 1 saturated heterocycles. The molecule has 0 saturated carbocycles. The predicted molar refractivity (Wildman–Crippen MR) is 96.7 cm³/mol. The topological polar surface area (TPSA) is 58.8 Å². The number of amides is 1. The van der Waals surface area contributed by atoms with E-state index in [-0.39, 0.29) is 18.1 Å². The van der Waals surface area contributed by atoms with E-state index >= 15 is 0 Å². The van der Waals surface area contributed by atoms with Crippen LogP contribution in [0.25, 0.3) is 0 Å². The van der Waals surface area contributed by atoms with Crippen molar-refractivity contribution in [1.29, 1.82) is 0 Å². The van der Waals surface area contributed by atoms with E-state index in [9.17, 15) is 4.79 Å². The van der Waals surface area contributed by atoms with Crippen molar-refractivity contribution in [3.05, 3.63) is 35.9 Å². The minimum atomic E-state index is -0.235. The van der Waals surface area contributed by atoms with Crippen molar-refractivity contribution in [2.75, 3.05) is 39.3 Å². The van der Waals surface area contributed by atoms with Gasteiger partial charge in [-0.1, -0.05) is 44.2 Å². The highest BCUT2D eigenvalue weighted by atomic mass is 16.5. The first kappa shape index (κ1) is 18.9. The van der Waals surface area contributed by atoms with E-state index in [2.05, 4.69) is 18.7 Å². The standard InChI is InChI=1S/C19H31N3O2/c1-3-21(4-2)12-13-24-17-10-11-22(15-17)19(23)14-18(20)16-8-6-5-7-9-16/h5-9,17-18H,3-4,10-15,20H2,1-2H3. The van der Waals surface area contributed by atoms with Crippen LogP contribution in [-0.4, -0.2) is 61.1 Å². The normalized spacial score (nSPS) is 19.0. The van der Waals surface area contributed by atoms with Crippen LogP contribution in [0, 0.1) is 0 Å². The molecule has 1 aromatic carbocycles. The molecule has 1 aliphatic heterocycles. The fourth-order valence-electron chi connectivity index (χ4n) is 3.11. The van der Waals surface area contributed by atoms with Gasteiger partial charge in [0.25, 0.3) is 0 Å².